The fourth-order valence-electron chi connectivity index (χ4n) is 2.52. The van der Waals surface area contributed by atoms with Crippen molar-refractivity contribution in [2.75, 3.05) is 39.9 Å². The molecule has 1 fully saturated rings. The van der Waals surface area contributed by atoms with Crippen LogP contribution in [0.2, 0.25) is 0 Å². The van der Waals surface area contributed by atoms with Crippen LogP contribution in [0.1, 0.15) is 39.5 Å². The summed E-state index contributed by atoms with van der Waals surface area (Å²) >= 11 is 0. The lowest BCUT2D eigenvalue weighted by atomic mass is 9.99. The minimum absolute atomic E-state index is 0.207. The molecule has 0 bridgehead atoms. The Labute approximate surface area is 124 Å². The number of guanidine groups is 1. The van der Waals surface area contributed by atoms with E-state index in [1.807, 2.05) is 6.92 Å². The predicted molar refractivity (Wildman–Crippen MR) is 85.0 cm³/mol. The standard InChI is InChI=1S/C15H32N4O/c1-13-6-10-19(11-7-13)9-5-4-8-17-15(16)18-14(2)12-20-3/h13-14H,4-12H2,1-3H3,(H3,16,17,18)/t14-/m1/s1. The summed E-state index contributed by atoms with van der Waals surface area (Å²) in [7, 11) is 1.69. The van der Waals surface area contributed by atoms with E-state index in [0.29, 0.717) is 12.6 Å². The quantitative estimate of drug-likeness (QED) is 0.402. The van der Waals surface area contributed by atoms with E-state index in [0.717, 1.165) is 18.9 Å². The summed E-state index contributed by atoms with van der Waals surface area (Å²) in [6, 6.07) is 0.207. The summed E-state index contributed by atoms with van der Waals surface area (Å²) in [5.74, 6) is 1.44. The van der Waals surface area contributed by atoms with Crippen molar-refractivity contribution in [3.8, 4) is 0 Å². The normalized spacial score (nSPS) is 20.1. The van der Waals surface area contributed by atoms with Crippen molar-refractivity contribution in [2.45, 2.75) is 45.6 Å². The van der Waals surface area contributed by atoms with E-state index in [4.69, 9.17) is 10.5 Å². The molecule has 1 heterocycles. The molecule has 3 N–H and O–H groups in total. The van der Waals surface area contributed by atoms with Gasteiger partial charge >= 0.3 is 0 Å². The molecule has 0 aliphatic carbocycles. The van der Waals surface area contributed by atoms with Gasteiger partial charge in [-0.1, -0.05) is 6.92 Å². The lowest BCUT2D eigenvalue weighted by Crippen LogP contribution is -2.40. The molecule has 0 unspecified atom stereocenters. The van der Waals surface area contributed by atoms with Crippen LogP contribution in [0.5, 0.6) is 0 Å². The number of hydrogen-bond donors (Lipinski definition) is 2. The Balaban J connectivity index is 2.03. The summed E-state index contributed by atoms with van der Waals surface area (Å²) in [4.78, 5) is 6.93. The van der Waals surface area contributed by atoms with E-state index >= 15 is 0 Å². The second-order valence-electron chi connectivity index (χ2n) is 6.00. The molecule has 1 atom stereocenters. The molecule has 0 saturated carbocycles. The molecular weight excluding hydrogens is 252 g/mol. The van der Waals surface area contributed by atoms with Crippen molar-refractivity contribution in [1.82, 2.24) is 10.2 Å². The zero-order valence-corrected chi connectivity index (χ0v) is 13.4. The molecule has 5 heteroatoms. The summed E-state index contributed by atoms with van der Waals surface area (Å²) in [6.07, 6.45) is 5.02. The zero-order chi connectivity index (χ0) is 14.8. The van der Waals surface area contributed by atoms with Gasteiger partial charge in [-0.25, -0.2) is 0 Å². The van der Waals surface area contributed by atoms with E-state index < -0.39 is 0 Å². The van der Waals surface area contributed by atoms with Crippen molar-refractivity contribution in [1.29, 1.82) is 0 Å². The molecule has 0 radical (unpaired) electrons. The number of hydrogen-bond acceptors (Lipinski definition) is 3. The number of likely N-dealkylation sites (tertiary alicyclic amines) is 1. The minimum atomic E-state index is 0.207. The summed E-state index contributed by atoms with van der Waals surface area (Å²) in [5.41, 5.74) is 5.82. The molecule has 0 aromatic rings. The Morgan fingerprint density at radius 3 is 2.75 bits per heavy atom. The Morgan fingerprint density at radius 1 is 1.40 bits per heavy atom. The van der Waals surface area contributed by atoms with Crippen molar-refractivity contribution in [2.24, 2.45) is 16.6 Å². The van der Waals surface area contributed by atoms with E-state index in [9.17, 15) is 0 Å². The van der Waals surface area contributed by atoms with E-state index in [2.05, 4.69) is 22.1 Å². The molecule has 0 amide bonds. The van der Waals surface area contributed by atoms with Crippen LogP contribution in [0.4, 0.5) is 0 Å². The predicted octanol–water partition coefficient (Wildman–Crippen LogP) is 1.44. The van der Waals surface area contributed by atoms with Crippen molar-refractivity contribution >= 4 is 5.96 Å². The van der Waals surface area contributed by atoms with Gasteiger partial charge in [0.1, 0.15) is 0 Å². The fraction of sp³-hybridized carbons (Fsp3) is 0.933. The smallest absolute Gasteiger partial charge is 0.188 e. The zero-order valence-electron chi connectivity index (χ0n) is 13.4. The van der Waals surface area contributed by atoms with Crippen LogP contribution in [0.15, 0.2) is 4.99 Å². The first-order valence-electron chi connectivity index (χ1n) is 7.89. The molecule has 1 rings (SSSR count). The van der Waals surface area contributed by atoms with Crippen LogP contribution >= 0.6 is 0 Å². The molecule has 5 nitrogen and oxygen atoms in total. The molecule has 1 saturated heterocycles. The highest BCUT2D eigenvalue weighted by atomic mass is 16.5. The number of unbranched alkanes of at least 4 members (excludes halogenated alkanes) is 1. The van der Waals surface area contributed by atoms with Gasteiger partial charge in [-0.2, -0.15) is 0 Å². The molecule has 0 aromatic carbocycles. The Bertz CT molecular complexity index is 275. The van der Waals surface area contributed by atoms with Gasteiger partial charge in [0.05, 0.1) is 6.61 Å². The van der Waals surface area contributed by atoms with Gasteiger partial charge in [0.25, 0.3) is 0 Å². The van der Waals surface area contributed by atoms with Crippen molar-refractivity contribution in [3.05, 3.63) is 0 Å². The van der Waals surface area contributed by atoms with Gasteiger partial charge in [0, 0.05) is 19.7 Å². The number of ether oxygens (including phenoxy) is 1. The third kappa shape index (κ3) is 7.70. The molecule has 118 valence electrons. The maximum absolute atomic E-state index is 5.82. The second-order valence-corrected chi connectivity index (χ2v) is 6.00. The lowest BCUT2D eigenvalue weighted by Gasteiger charge is -2.30. The lowest BCUT2D eigenvalue weighted by molar-refractivity contribution is 0.179. The van der Waals surface area contributed by atoms with Gasteiger partial charge < -0.3 is 20.7 Å². The van der Waals surface area contributed by atoms with Gasteiger partial charge in [-0.15, -0.1) is 0 Å². The Morgan fingerprint density at radius 2 is 2.10 bits per heavy atom. The van der Waals surface area contributed by atoms with Gasteiger partial charge in [-0.3, -0.25) is 4.99 Å². The van der Waals surface area contributed by atoms with Crippen LogP contribution in [0.3, 0.4) is 0 Å². The SMILES string of the molecule is COC[C@@H](C)NC(N)=NCCCCN1CCC(C)CC1. The average Bonchev–Trinajstić information content (AvgIpc) is 2.40. The van der Waals surface area contributed by atoms with E-state index in [-0.39, 0.29) is 6.04 Å². The van der Waals surface area contributed by atoms with Crippen LogP contribution in [0.25, 0.3) is 0 Å². The number of methoxy groups -OCH3 is 1. The number of rotatable bonds is 8. The molecule has 0 spiro atoms. The van der Waals surface area contributed by atoms with Crippen molar-refractivity contribution < 1.29 is 4.74 Å². The summed E-state index contributed by atoms with van der Waals surface area (Å²) < 4.78 is 5.04. The van der Waals surface area contributed by atoms with Crippen LogP contribution in [-0.2, 0) is 4.74 Å². The number of nitrogens with two attached hydrogens (primary N) is 1. The van der Waals surface area contributed by atoms with Gasteiger partial charge in [0.2, 0.25) is 0 Å². The van der Waals surface area contributed by atoms with Gasteiger partial charge in [0.15, 0.2) is 5.96 Å². The minimum Gasteiger partial charge on any atom is -0.383 e. The number of nitrogens with zero attached hydrogens (tertiary/aromatic N) is 2. The fourth-order valence-corrected chi connectivity index (χ4v) is 2.52. The Hall–Kier alpha value is -0.810. The number of aliphatic imine (C=N–C) groups is 1. The summed E-state index contributed by atoms with van der Waals surface area (Å²) in [5, 5.41) is 3.12. The van der Waals surface area contributed by atoms with Crippen LogP contribution in [-0.4, -0.2) is 56.8 Å². The molecule has 0 aromatic heterocycles. The first-order chi connectivity index (χ1) is 9.61. The summed E-state index contributed by atoms with van der Waals surface area (Å²) in [6.45, 7) is 9.57. The highest BCUT2D eigenvalue weighted by molar-refractivity contribution is 5.78. The van der Waals surface area contributed by atoms with E-state index in [1.54, 1.807) is 7.11 Å². The maximum atomic E-state index is 5.82. The highest BCUT2D eigenvalue weighted by Gasteiger charge is 2.14. The largest absolute Gasteiger partial charge is 0.383 e. The topological polar surface area (TPSA) is 62.9 Å². The molecule has 1 aliphatic rings. The maximum Gasteiger partial charge on any atom is 0.188 e. The van der Waals surface area contributed by atoms with Gasteiger partial charge in [-0.05, 0) is 58.2 Å². The highest BCUT2D eigenvalue weighted by Crippen LogP contribution is 2.16. The second kappa shape index (κ2) is 10.00. The van der Waals surface area contributed by atoms with Crippen molar-refractivity contribution in [3.63, 3.8) is 0 Å². The average molecular weight is 284 g/mol. The number of nitrogens with one attached hydrogen (secondary N) is 1. The first kappa shape index (κ1) is 17.2. The molecule has 1 aliphatic heterocycles. The monoisotopic (exact) mass is 284 g/mol. The third-order valence-corrected chi connectivity index (χ3v) is 3.85. The first-order valence-corrected chi connectivity index (χ1v) is 7.89. The molecular formula is C15H32N4O. The Kier molecular flexibility index (Phi) is 8.62. The van der Waals surface area contributed by atoms with Crippen LogP contribution in [0, 0.1) is 5.92 Å². The third-order valence-electron chi connectivity index (χ3n) is 3.85. The van der Waals surface area contributed by atoms with Crippen LogP contribution < -0.4 is 11.1 Å². The number of piperidine rings is 1. The van der Waals surface area contributed by atoms with E-state index in [1.165, 1.54) is 38.9 Å². The molecule has 20 heavy (non-hydrogen) atoms.